The highest BCUT2D eigenvalue weighted by molar-refractivity contribution is 5.96. The molecule has 4 N–H and O–H groups in total. The van der Waals surface area contributed by atoms with Gasteiger partial charge in [0.2, 0.25) is 5.91 Å². The van der Waals surface area contributed by atoms with E-state index in [1.54, 1.807) is 6.92 Å². The lowest BCUT2D eigenvalue weighted by Crippen LogP contribution is -2.47. The van der Waals surface area contributed by atoms with E-state index in [1.165, 1.54) is 0 Å². The molecule has 80 valence electrons. The van der Waals surface area contributed by atoms with E-state index >= 15 is 0 Å². The molecule has 6 nitrogen and oxygen atoms in total. The van der Waals surface area contributed by atoms with Gasteiger partial charge in [0, 0.05) is 13.1 Å². The van der Waals surface area contributed by atoms with Crippen molar-refractivity contribution in [1.82, 2.24) is 10.2 Å². The SMILES string of the molecule is CC(C(=O)NC(N)=O)N1CC[C@H](O)C1. The lowest BCUT2D eigenvalue weighted by molar-refractivity contribution is -0.124. The highest BCUT2D eigenvalue weighted by Gasteiger charge is 2.28. The number of nitrogens with zero attached hydrogens (tertiary/aromatic N) is 1. The molecule has 0 aliphatic carbocycles. The second-order valence-electron chi connectivity index (χ2n) is 3.47. The van der Waals surface area contributed by atoms with Crippen LogP contribution in [0.1, 0.15) is 13.3 Å². The molecule has 1 unspecified atom stereocenters. The van der Waals surface area contributed by atoms with Gasteiger partial charge in [-0.2, -0.15) is 0 Å². The number of urea groups is 1. The van der Waals surface area contributed by atoms with Gasteiger partial charge in [0.25, 0.3) is 0 Å². The van der Waals surface area contributed by atoms with Crippen LogP contribution in [-0.2, 0) is 4.79 Å². The van der Waals surface area contributed by atoms with E-state index in [4.69, 9.17) is 5.73 Å². The van der Waals surface area contributed by atoms with Crippen LogP contribution in [0.2, 0.25) is 0 Å². The smallest absolute Gasteiger partial charge is 0.318 e. The number of nitrogens with one attached hydrogen (secondary N) is 1. The van der Waals surface area contributed by atoms with E-state index in [-0.39, 0.29) is 6.10 Å². The summed E-state index contributed by atoms with van der Waals surface area (Å²) in [5, 5.41) is 11.3. The van der Waals surface area contributed by atoms with E-state index in [9.17, 15) is 14.7 Å². The van der Waals surface area contributed by atoms with Gasteiger partial charge in [-0.1, -0.05) is 0 Å². The van der Waals surface area contributed by atoms with Gasteiger partial charge in [0.15, 0.2) is 0 Å². The predicted molar refractivity (Wildman–Crippen MR) is 49.4 cm³/mol. The van der Waals surface area contributed by atoms with Gasteiger partial charge in [-0.3, -0.25) is 15.0 Å². The molecular weight excluding hydrogens is 186 g/mol. The monoisotopic (exact) mass is 201 g/mol. The topological polar surface area (TPSA) is 95.7 Å². The van der Waals surface area contributed by atoms with Crippen LogP contribution in [0.15, 0.2) is 0 Å². The number of β-amino-alcohol motifs (C(OH)–C–C–N with tert-alkyl or cyclic N) is 1. The Morgan fingerprint density at radius 3 is 2.71 bits per heavy atom. The molecule has 14 heavy (non-hydrogen) atoms. The first-order chi connectivity index (χ1) is 6.50. The summed E-state index contributed by atoms with van der Waals surface area (Å²) in [6.07, 6.45) is 0.285. The van der Waals surface area contributed by atoms with Crippen molar-refractivity contribution in [3.8, 4) is 0 Å². The minimum atomic E-state index is -0.846. The maximum Gasteiger partial charge on any atom is 0.318 e. The lowest BCUT2D eigenvalue weighted by Gasteiger charge is -2.21. The molecule has 1 aliphatic rings. The summed E-state index contributed by atoms with van der Waals surface area (Å²) in [5.41, 5.74) is 4.82. The average Bonchev–Trinajstić information content (AvgIpc) is 2.49. The number of hydrogen-bond donors (Lipinski definition) is 3. The summed E-state index contributed by atoms with van der Waals surface area (Å²) in [5.74, 6) is -0.424. The Kier molecular flexibility index (Phi) is 3.43. The summed E-state index contributed by atoms with van der Waals surface area (Å²) in [6.45, 7) is 2.80. The second-order valence-corrected chi connectivity index (χ2v) is 3.47. The Balaban J connectivity index is 2.44. The van der Waals surface area contributed by atoms with E-state index in [0.717, 1.165) is 0 Å². The van der Waals surface area contributed by atoms with Gasteiger partial charge >= 0.3 is 6.03 Å². The Morgan fingerprint density at radius 1 is 1.64 bits per heavy atom. The molecule has 3 amide bonds. The molecule has 0 bridgehead atoms. The number of likely N-dealkylation sites (tertiary alicyclic amines) is 1. The first-order valence-corrected chi connectivity index (χ1v) is 4.53. The Bertz CT molecular complexity index is 244. The van der Waals surface area contributed by atoms with Gasteiger partial charge in [0.05, 0.1) is 12.1 Å². The van der Waals surface area contributed by atoms with Crippen LogP contribution in [0.5, 0.6) is 0 Å². The second kappa shape index (κ2) is 4.39. The van der Waals surface area contributed by atoms with Crippen LogP contribution < -0.4 is 11.1 Å². The minimum Gasteiger partial charge on any atom is -0.392 e. The summed E-state index contributed by atoms with van der Waals surface area (Å²) in [7, 11) is 0. The molecular formula is C8H15N3O3. The Morgan fingerprint density at radius 2 is 2.29 bits per heavy atom. The van der Waals surface area contributed by atoms with Gasteiger partial charge in [-0.15, -0.1) is 0 Å². The van der Waals surface area contributed by atoms with Crippen molar-refractivity contribution in [2.24, 2.45) is 5.73 Å². The molecule has 1 aliphatic heterocycles. The molecule has 6 heteroatoms. The van der Waals surface area contributed by atoms with Crippen molar-refractivity contribution in [3.63, 3.8) is 0 Å². The number of nitrogens with two attached hydrogens (primary N) is 1. The number of amides is 3. The maximum atomic E-state index is 11.3. The third-order valence-corrected chi connectivity index (χ3v) is 2.37. The zero-order chi connectivity index (χ0) is 10.7. The van der Waals surface area contributed by atoms with Crippen LogP contribution in [0, 0.1) is 0 Å². The standard InChI is InChI=1S/C8H15N3O3/c1-5(7(13)10-8(9)14)11-3-2-6(12)4-11/h5-6,12H,2-4H2,1H3,(H3,9,10,13,14)/t5?,6-/m0/s1. The summed E-state index contributed by atoms with van der Waals surface area (Å²) >= 11 is 0. The summed E-state index contributed by atoms with van der Waals surface area (Å²) < 4.78 is 0. The van der Waals surface area contributed by atoms with E-state index < -0.39 is 18.0 Å². The molecule has 1 fully saturated rings. The highest BCUT2D eigenvalue weighted by Crippen LogP contribution is 2.12. The quantitative estimate of drug-likeness (QED) is 0.514. The average molecular weight is 201 g/mol. The molecule has 1 heterocycles. The van der Waals surface area contributed by atoms with Crippen molar-refractivity contribution in [1.29, 1.82) is 0 Å². The molecule has 0 spiro atoms. The largest absolute Gasteiger partial charge is 0.392 e. The number of primary amides is 1. The Hall–Kier alpha value is -1.14. The molecule has 0 radical (unpaired) electrons. The van der Waals surface area contributed by atoms with Crippen molar-refractivity contribution in [3.05, 3.63) is 0 Å². The molecule has 0 aromatic heterocycles. The molecule has 2 atom stereocenters. The van der Waals surface area contributed by atoms with Gasteiger partial charge in [-0.05, 0) is 13.3 Å². The maximum absolute atomic E-state index is 11.3. The summed E-state index contributed by atoms with van der Waals surface area (Å²) in [4.78, 5) is 23.5. The number of aliphatic hydroxyl groups excluding tert-OH is 1. The highest BCUT2D eigenvalue weighted by atomic mass is 16.3. The number of rotatable bonds is 2. The zero-order valence-corrected chi connectivity index (χ0v) is 8.06. The molecule has 0 saturated carbocycles. The van der Waals surface area contributed by atoms with Crippen LogP contribution >= 0.6 is 0 Å². The van der Waals surface area contributed by atoms with E-state index in [1.807, 2.05) is 10.2 Å². The van der Waals surface area contributed by atoms with Gasteiger partial charge in [0.1, 0.15) is 0 Å². The lowest BCUT2D eigenvalue weighted by atomic mass is 10.3. The molecule has 1 rings (SSSR count). The number of imide groups is 1. The third kappa shape index (κ3) is 2.68. The first kappa shape index (κ1) is 10.9. The molecule has 0 aromatic carbocycles. The molecule has 1 saturated heterocycles. The fraction of sp³-hybridized carbons (Fsp3) is 0.750. The minimum absolute atomic E-state index is 0.376. The van der Waals surface area contributed by atoms with Crippen LogP contribution in [0.3, 0.4) is 0 Å². The fourth-order valence-corrected chi connectivity index (χ4v) is 1.51. The predicted octanol–water partition coefficient (Wildman–Crippen LogP) is -1.36. The Labute approximate surface area is 82.1 Å². The van der Waals surface area contributed by atoms with Gasteiger partial charge in [-0.25, -0.2) is 4.79 Å². The summed E-state index contributed by atoms with van der Waals surface area (Å²) in [6, 6.07) is -1.28. The third-order valence-electron chi connectivity index (χ3n) is 2.37. The first-order valence-electron chi connectivity index (χ1n) is 4.53. The van der Waals surface area contributed by atoms with Crippen molar-refractivity contribution >= 4 is 11.9 Å². The van der Waals surface area contributed by atoms with Crippen LogP contribution in [0.4, 0.5) is 4.79 Å². The van der Waals surface area contributed by atoms with Gasteiger partial charge < -0.3 is 10.8 Å². The zero-order valence-electron chi connectivity index (χ0n) is 8.06. The van der Waals surface area contributed by atoms with Crippen LogP contribution in [-0.4, -0.2) is 47.2 Å². The van der Waals surface area contributed by atoms with E-state index in [0.29, 0.717) is 19.5 Å². The van der Waals surface area contributed by atoms with Crippen LogP contribution in [0.25, 0.3) is 0 Å². The fourth-order valence-electron chi connectivity index (χ4n) is 1.51. The number of carbonyl (C=O) groups excluding carboxylic acids is 2. The van der Waals surface area contributed by atoms with Crippen molar-refractivity contribution < 1.29 is 14.7 Å². The van der Waals surface area contributed by atoms with Crippen molar-refractivity contribution in [2.75, 3.05) is 13.1 Å². The number of hydrogen-bond acceptors (Lipinski definition) is 4. The molecule has 0 aromatic rings. The normalized spacial score (nSPS) is 24.6. The van der Waals surface area contributed by atoms with Crippen molar-refractivity contribution in [2.45, 2.75) is 25.5 Å². The number of aliphatic hydroxyl groups is 1. The van der Waals surface area contributed by atoms with E-state index in [2.05, 4.69) is 0 Å². The number of carbonyl (C=O) groups is 2.